The summed E-state index contributed by atoms with van der Waals surface area (Å²) in [5.74, 6) is -0.193. The minimum atomic E-state index is -0.193. The fraction of sp³-hybridized carbons (Fsp3) is 0.100. The van der Waals surface area contributed by atoms with Crippen molar-refractivity contribution in [3.05, 3.63) is 72.2 Å². The highest BCUT2D eigenvalue weighted by molar-refractivity contribution is 6.33. The zero-order chi connectivity index (χ0) is 17.2. The van der Waals surface area contributed by atoms with Gasteiger partial charge < -0.3 is 9.15 Å². The predicted molar refractivity (Wildman–Crippen MR) is 97.4 cm³/mol. The monoisotopic (exact) mass is 332 g/mol. The third-order valence-corrected chi connectivity index (χ3v) is 4.07. The Morgan fingerprint density at radius 1 is 1.16 bits per heavy atom. The summed E-state index contributed by atoms with van der Waals surface area (Å²) in [7, 11) is 1.58. The second-order valence-corrected chi connectivity index (χ2v) is 5.74. The van der Waals surface area contributed by atoms with Crippen LogP contribution in [0.5, 0.6) is 0 Å². The van der Waals surface area contributed by atoms with Crippen molar-refractivity contribution < 1.29 is 13.9 Å². The molecule has 0 N–H and O–H groups in total. The average Bonchev–Trinajstić information content (AvgIpc) is 3.26. The van der Waals surface area contributed by atoms with Gasteiger partial charge in [-0.3, -0.25) is 4.79 Å². The molecule has 4 rings (SSSR count). The molecular formula is C20H16N2O3. The van der Waals surface area contributed by atoms with Gasteiger partial charge in [0, 0.05) is 13.2 Å². The van der Waals surface area contributed by atoms with Crippen LogP contribution in [0.1, 0.15) is 5.56 Å². The SMILES string of the molecule is COCC1=NN(c2ccoc2)C(=O)/C1=C\c1ccc2ccccc2c1. The Morgan fingerprint density at radius 2 is 2.00 bits per heavy atom. The lowest BCUT2D eigenvalue weighted by molar-refractivity contribution is -0.114. The number of furan rings is 1. The molecule has 5 heteroatoms. The number of methoxy groups -OCH3 is 1. The van der Waals surface area contributed by atoms with E-state index in [1.54, 1.807) is 13.2 Å². The van der Waals surface area contributed by atoms with Crippen molar-refractivity contribution in [2.45, 2.75) is 0 Å². The van der Waals surface area contributed by atoms with Crippen molar-refractivity contribution in [3.63, 3.8) is 0 Å². The number of anilines is 1. The van der Waals surface area contributed by atoms with Crippen molar-refractivity contribution in [2.75, 3.05) is 18.7 Å². The lowest BCUT2D eigenvalue weighted by Crippen LogP contribution is -2.21. The van der Waals surface area contributed by atoms with Gasteiger partial charge >= 0.3 is 0 Å². The Morgan fingerprint density at radius 3 is 2.76 bits per heavy atom. The van der Waals surface area contributed by atoms with E-state index >= 15 is 0 Å². The maximum Gasteiger partial charge on any atom is 0.280 e. The number of hydrogen-bond donors (Lipinski definition) is 0. The first-order chi connectivity index (χ1) is 12.3. The molecule has 0 unspecified atom stereocenters. The molecule has 124 valence electrons. The molecule has 0 aliphatic carbocycles. The Hall–Kier alpha value is -3.18. The number of carbonyl (C=O) groups excluding carboxylic acids is 1. The molecule has 1 aliphatic heterocycles. The Kier molecular flexibility index (Phi) is 3.91. The van der Waals surface area contributed by atoms with Crippen LogP contribution >= 0.6 is 0 Å². The molecule has 2 heterocycles. The number of hydrazone groups is 1. The zero-order valence-corrected chi connectivity index (χ0v) is 13.7. The molecule has 0 radical (unpaired) electrons. The van der Waals surface area contributed by atoms with Crippen LogP contribution in [-0.2, 0) is 9.53 Å². The van der Waals surface area contributed by atoms with Crippen LogP contribution in [0.25, 0.3) is 16.8 Å². The van der Waals surface area contributed by atoms with Crippen LogP contribution in [0.15, 0.2) is 76.1 Å². The molecular weight excluding hydrogens is 316 g/mol. The molecule has 1 amide bonds. The Bertz CT molecular complexity index is 987. The minimum Gasteiger partial charge on any atom is -0.470 e. The normalized spacial score (nSPS) is 16.0. The fourth-order valence-corrected chi connectivity index (χ4v) is 2.86. The number of nitrogens with zero attached hydrogens (tertiary/aromatic N) is 2. The molecule has 0 saturated heterocycles. The van der Waals surface area contributed by atoms with E-state index in [9.17, 15) is 4.79 Å². The summed E-state index contributed by atoms with van der Waals surface area (Å²) in [6.45, 7) is 0.263. The molecule has 0 atom stereocenters. The van der Waals surface area contributed by atoms with E-state index in [1.807, 2.05) is 30.3 Å². The highest BCUT2D eigenvalue weighted by Crippen LogP contribution is 2.26. The molecule has 5 nitrogen and oxygen atoms in total. The highest BCUT2D eigenvalue weighted by atomic mass is 16.5. The second kappa shape index (κ2) is 6.37. The molecule has 0 spiro atoms. The van der Waals surface area contributed by atoms with Gasteiger partial charge in [0.2, 0.25) is 0 Å². The average molecular weight is 332 g/mol. The van der Waals surface area contributed by atoms with E-state index in [0.717, 1.165) is 16.3 Å². The highest BCUT2D eigenvalue weighted by Gasteiger charge is 2.31. The van der Waals surface area contributed by atoms with E-state index in [4.69, 9.17) is 9.15 Å². The molecule has 0 saturated carbocycles. The van der Waals surface area contributed by atoms with Gasteiger partial charge in [0.15, 0.2) is 0 Å². The van der Waals surface area contributed by atoms with E-state index in [1.165, 1.54) is 17.5 Å². The van der Waals surface area contributed by atoms with Gasteiger partial charge in [-0.05, 0) is 28.5 Å². The molecule has 3 aromatic rings. The third kappa shape index (κ3) is 2.86. The van der Waals surface area contributed by atoms with Gasteiger partial charge in [-0.25, -0.2) is 0 Å². The van der Waals surface area contributed by atoms with Crippen LogP contribution in [0, 0.1) is 0 Å². The quantitative estimate of drug-likeness (QED) is 0.682. The van der Waals surface area contributed by atoms with Gasteiger partial charge in [0.25, 0.3) is 5.91 Å². The smallest absolute Gasteiger partial charge is 0.280 e. The van der Waals surface area contributed by atoms with Crippen LogP contribution in [0.3, 0.4) is 0 Å². The summed E-state index contributed by atoms with van der Waals surface area (Å²) in [5.41, 5.74) is 2.67. The molecule has 0 fully saturated rings. The number of carbonyl (C=O) groups is 1. The number of amides is 1. The first-order valence-electron chi connectivity index (χ1n) is 7.90. The number of fused-ring (bicyclic) bond motifs is 1. The molecule has 2 aromatic carbocycles. The summed E-state index contributed by atoms with van der Waals surface area (Å²) in [5, 5.41) is 8.01. The van der Waals surface area contributed by atoms with Crippen molar-refractivity contribution in [1.29, 1.82) is 0 Å². The Balaban J connectivity index is 1.74. The van der Waals surface area contributed by atoms with Crippen molar-refractivity contribution >= 4 is 34.2 Å². The summed E-state index contributed by atoms with van der Waals surface area (Å²) >= 11 is 0. The van der Waals surface area contributed by atoms with Crippen LogP contribution in [0.4, 0.5) is 5.69 Å². The van der Waals surface area contributed by atoms with Gasteiger partial charge in [0.05, 0.1) is 24.2 Å². The number of ether oxygens (including phenoxy) is 1. The predicted octanol–water partition coefficient (Wildman–Crippen LogP) is 3.87. The van der Waals surface area contributed by atoms with E-state index < -0.39 is 0 Å². The van der Waals surface area contributed by atoms with E-state index in [2.05, 4.69) is 23.3 Å². The van der Waals surface area contributed by atoms with Crippen LogP contribution < -0.4 is 5.01 Å². The summed E-state index contributed by atoms with van der Waals surface area (Å²) < 4.78 is 10.3. The standard InChI is InChI=1S/C20H16N2O3/c1-24-13-19-18(20(23)22(21-19)17-8-9-25-12-17)11-14-6-7-15-4-2-3-5-16(15)10-14/h2-12H,13H2,1H3/b18-11-. The summed E-state index contributed by atoms with van der Waals surface area (Å²) in [6.07, 6.45) is 4.86. The summed E-state index contributed by atoms with van der Waals surface area (Å²) in [6, 6.07) is 15.9. The van der Waals surface area contributed by atoms with Crippen molar-refractivity contribution in [1.82, 2.24) is 0 Å². The van der Waals surface area contributed by atoms with Gasteiger partial charge in [-0.1, -0.05) is 36.4 Å². The topological polar surface area (TPSA) is 55.0 Å². The summed E-state index contributed by atoms with van der Waals surface area (Å²) in [4.78, 5) is 12.8. The van der Waals surface area contributed by atoms with E-state index in [-0.39, 0.29) is 12.5 Å². The zero-order valence-electron chi connectivity index (χ0n) is 13.7. The van der Waals surface area contributed by atoms with E-state index in [0.29, 0.717) is 17.0 Å². The Labute approximate surface area is 144 Å². The van der Waals surface area contributed by atoms with Crippen LogP contribution in [0.2, 0.25) is 0 Å². The maximum absolute atomic E-state index is 12.8. The maximum atomic E-state index is 12.8. The lowest BCUT2D eigenvalue weighted by atomic mass is 10.0. The number of rotatable bonds is 4. The largest absolute Gasteiger partial charge is 0.470 e. The van der Waals surface area contributed by atoms with Crippen molar-refractivity contribution in [3.8, 4) is 0 Å². The second-order valence-electron chi connectivity index (χ2n) is 5.74. The fourth-order valence-electron chi connectivity index (χ4n) is 2.86. The number of benzene rings is 2. The first-order valence-corrected chi connectivity index (χ1v) is 7.90. The molecule has 1 aromatic heterocycles. The number of hydrogen-bond acceptors (Lipinski definition) is 4. The van der Waals surface area contributed by atoms with Crippen LogP contribution in [-0.4, -0.2) is 25.3 Å². The van der Waals surface area contributed by atoms with Gasteiger partial charge in [0.1, 0.15) is 12.0 Å². The van der Waals surface area contributed by atoms with Gasteiger partial charge in [-0.15, -0.1) is 0 Å². The van der Waals surface area contributed by atoms with Crippen molar-refractivity contribution in [2.24, 2.45) is 5.10 Å². The van der Waals surface area contributed by atoms with Gasteiger partial charge in [-0.2, -0.15) is 10.1 Å². The molecule has 0 bridgehead atoms. The molecule has 1 aliphatic rings. The third-order valence-electron chi connectivity index (χ3n) is 4.07. The lowest BCUT2D eigenvalue weighted by Gasteiger charge is -2.07. The minimum absolute atomic E-state index is 0.193. The molecule has 25 heavy (non-hydrogen) atoms. The first kappa shape index (κ1) is 15.4.